The van der Waals surface area contributed by atoms with Crippen LogP contribution in [0.2, 0.25) is 0 Å². The summed E-state index contributed by atoms with van der Waals surface area (Å²) in [6.45, 7) is 3.86. The van der Waals surface area contributed by atoms with Gasteiger partial charge in [0.05, 0.1) is 7.11 Å². The van der Waals surface area contributed by atoms with Crippen molar-refractivity contribution in [3.8, 4) is 5.75 Å². The Balaban J connectivity index is 3.25. The van der Waals surface area contributed by atoms with E-state index in [4.69, 9.17) is 16.3 Å². The minimum Gasteiger partial charge on any atom is -0.496 e. The Morgan fingerprint density at radius 2 is 2.00 bits per heavy atom. The van der Waals surface area contributed by atoms with Gasteiger partial charge in [0.2, 0.25) is 0 Å². The number of ether oxygens (including phenoxy) is 1. The molecule has 0 saturated heterocycles. The van der Waals surface area contributed by atoms with Crippen LogP contribution in [0.15, 0.2) is 12.1 Å². The molecule has 1 unspecified atom stereocenters. The van der Waals surface area contributed by atoms with Crippen molar-refractivity contribution < 1.29 is 9.53 Å². The molecule has 0 aromatic heterocycles. The molecule has 94 valence electrons. The molecular weight excluding hydrogens is 218 g/mol. The molecule has 17 heavy (non-hydrogen) atoms. The predicted molar refractivity (Wildman–Crippen MR) is 66.4 cm³/mol. The topological polar surface area (TPSA) is 81.6 Å². The number of aryl methyl sites for hydroxylation is 2. The Labute approximate surface area is 101 Å². The van der Waals surface area contributed by atoms with Crippen LogP contribution in [0.3, 0.4) is 0 Å². The van der Waals surface area contributed by atoms with Crippen LogP contribution in [0, 0.1) is 13.8 Å². The van der Waals surface area contributed by atoms with Crippen LogP contribution in [0.5, 0.6) is 5.75 Å². The molecule has 0 aliphatic carbocycles. The first kappa shape index (κ1) is 13.5. The summed E-state index contributed by atoms with van der Waals surface area (Å²) in [7, 11) is 3.03. The molecule has 1 amide bonds. The smallest absolute Gasteiger partial charge is 0.257 e. The van der Waals surface area contributed by atoms with Gasteiger partial charge in [0.1, 0.15) is 11.8 Å². The number of hydrogen-bond acceptors (Lipinski definition) is 4. The molecule has 1 atom stereocenters. The third kappa shape index (κ3) is 2.75. The van der Waals surface area contributed by atoms with E-state index in [1.165, 1.54) is 7.05 Å². The number of amides is 1. The summed E-state index contributed by atoms with van der Waals surface area (Å²) in [5.74, 6) is 5.69. The van der Waals surface area contributed by atoms with Crippen LogP contribution in [0.4, 0.5) is 0 Å². The van der Waals surface area contributed by atoms with E-state index in [2.05, 4.69) is 0 Å². The molecule has 0 aliphatic rings. The van der Waals surface area contributed by atoms with Crippen LogP contribution in [-0.4, -0.2) is 25.1 Å². The molecule has 5 nitrogen and oxygen atoms in total. The summed E-state index contributed by atoms with van der Waals surface area (Å²) >= 11 is 0. The van der Waals surface area contributed by atoms with Gasteiger partial charge in [0.25, 0.3) is 5.91 Å². The first-order valence-electron chi connectivity index (χ1n) is 5.31. The summed E-state index contributed by atoms with van der Waals surface area (Å²) in [6.07, 6.45) is 0. The molecule has 4 N–H and O–H groups in total. The lowest BCUT2D eigenvalue weighted by Gasteiger charge is -2.20. The second-order valence-corrected chi connectivity index (χ2v) is 4.13. The number of nitrogens with zero attached hydrogens (tertiary/aromatic N) is 1. The van der Waals surface area contributed by atoms with Gasteiger partial charge < -0.3 is 10.5 Å². The molecule has 1 aromatic rings. The molecule has 0 saturated carbocycles. The number of rotatable bonds is 3. The average Bonchev–Trinajstić information content (AvgIpc) is 2.25. The number of carbonyl (C=O) groups excluding carboxylic acids is 1. The third-order valence-electron chi connectivity index (χ3n) is 2.60. The minimum atomic E-state index is -0.807. The van der Waals surface area contributed by atoms with Crippen molar-refractivity contribution in [1.82, 2.24) is 5.01 Å². The molecule has 0 aliphatic heterocycles. The molecule has 1 rings (SSSR count). The fourth-order valence-electron chi connectivity index (χ4n) is 1.85. The largest absolute Gasteiger partial charge is 0.496 e. The summed E-state index contributed by atoms with van der Waals surface area (Å²) in [4.78, 5) is 11.8. The van der Waals surface area contributed by atoms with E-state index >= 15 is 0 Å². The number of methoxy groups -OCH3 is 1. The van der Waals surface area contributed by atoms with Gasteiger partial charge in [-0.25, -0.2) is 5.84 Å². The van der Waals surface area contributed by atoms with Gasteiger partial charge in [-0.05, 0) is 19.4 Å². The summed E-state index contributed by atoms with van der Waals surface area (Å²) < 4.78 is 5.29. The van der Waals surface area contributed by atoms with Crippen molar-refractivity contribution in [2.45, 2.75) is 19.9 Å². The Hall–Kier alpha value is -1.59. The van der Waals surface area contributed by atoms with Gasteiger partial charge in [0, 0.05) is 12.6 Å². The highest BCUT2D eigenvalue weighted by molar-refractivity contribution is 5.83. The predicted octanol–water partition coefficient (Wildman–Crippen LogP) is 0.644. The van der Waals surface area contributed by atoms with Crippen molar-refractivity contribution in [3.05, 3.63) is 28.8 Å². The van der Waals surface area contributed by atoms with Crippen molar-refractivity contribution in [1.29, 1.82) is 0 Å². The molecular formula is C12H19N3O2. The van der Waals surface area contributed by atoms with E-state index < -0.39 is 6.04 Å². The molecule has 0 radical (unpaired) electrons. The fraction of sp³-hybridized carbons (Fsp3) is 0.417. The van der Waals surface area contributed by atoms with Gasteiger partial charge in [-0.1, -0.05) is 17.7 Å². The number of carbonyl (C=O) groups is 1. The van der Waals surface area contributed by atoms with E-state index in [0.717, 1.165) is 16.1 Å². The Morgan fingerprint density at radius 1 is 1.41 bits per heavy atom. The minimum absolute atomic E-state index is 0.353. The van der Waals surface area contributed by atoms with Crippen molar-refractivity contribution in [2.75, 3.05) is 14.2 Å². The van der Waals surface area contributed by atoms with E-state index in [1.807, 2.05) is 26.0 Å². The molecule has 0 bridgehead atoms. The standard InChI is InChI=1S/C12H19N3O2/c1-7-5-8(2)11(17-4)9(6-7)10(13)12(16)15(3)14/h5-6,10H,13-14H2,1-4H3. The Morgan fingerprint density at radius 3 is 2.47 bits per heavy atom. The van der Waals surface area contributed by atoms with Crippen LogP contribution in [-0.2, 0) is 4.79 Å². The molecule has 5 heteroatoms. The second-order valence-electron chi connectivity index (χ2n) is 4.13. The van der Waals surface area contributed by atoms with Crippen LogP contribution in [0.1, 0.15) is 22.7 Å². The normalized spacial score (nSPS) is 12.1. The van der Waals surface area contributed by atoms with Gasteiger partial charge in [-0.15, -0.1) is 0 Å². The first-order chi connectivity index (χ1) is 7.88. The number of nitrogens with two attached hydrogens (primary N) is 2. The molecule has 1 aromatic carbocycles. The van der Waals surface area contributed by atoms with Crippen molar-refractivity contribution in [2.24, 2.45) is 11.6 Å². The lowest BCUT2D eigenvalue weighted by Crippen LogP contribution is -2.40. The van der Waals surface area contributed by atoms with E-state index in [9.17, 15) is 4.79 Å². The summed E-state index contributed by atoms with van der Waals surface area (Å²) in [5, 5.41) is 0.988. The number of likely N-dealkylation sites (N-methyl/N-ethyl adjacent to an activating group) is 1. The maximum atomic E-state index is 11.8. The van der Waals surface area contributed by atoms with Crippen LogP contribution < -0.4 is 16.3 Å². The van der Waals surface area contributed by atoms with Gasteiger partial charge in [-0.3, -0.25) is 9.80 Å². The number of hydrazine groups is 1. The van der Waals surface area contributed by atoms with Crippen molar-refractivity contribution >= 4 is 5.91 Å². The van der Waals surface area contributed by atoms with Crippen LogP contribution >= 0.6 is 0 Å². The average molecular weight is 237 g/mol. The fourth-order valence-corrected chi connectivity index (χ4v) is 1.85. The lowest BCUT2D eigenvalue weighted by atomic mass is 9.99. The number of benzene rings is 1. The summed E-state index contributed by atoms with van der Waals surface area (Å²) in [5.41, 5.74) is 8.54. The van der Waals surface area contributed by atoms with Crippen molar-refractivity contribution in [3.63, 3.8) is 0 Å². The van der Waals surface area contributed by atoms with Crippen LogP contribution in [0.25, 0.3) is 0 Å². The Bertz CT molecular complexity index is 430. The lowest BCUT2D eigenvalue weighted by molar-refractivity contribution is -0.131. The molecule has 0 heterocycles. The highest BCUT2D eigenvalue weighted by Crippen LogP contribution is 2.29. The van der Waals surface area contributed by atoms with E-state index in [1.54, 1.807) is 7.11 Å². The SMILES string of the molecule is COc1c(C)cc(C)cc1C(N)C(=O)N(C)N. The molecule has 0 fully saturated rings. The summed E-state index contributed by atoms with van der Waals surface area (Å²) in [6, 6.07) is 3.02. The quantitative estimate of drug-likeness (QED) is 0.459. The highest BCUT2D eigenvalue weighted by atomic mass is 16.5. The molecule has 0 spiro atoms. The first-order valence-corrected chi connectivity index (χ1v) is 5.31. The zero-order valence-corrected chi connectivity index (χ0v) is 10.7. The second kappa shape index (κ2) is 5.16. The maximum absolute atomic E-state index is 11.8. The highest BCUT2D eigenvalue weighted by Gasteiger charge is 2.22. The zero-order valence-electron chi connectivity index (χ0n) is 10.7. The Kier molecular flexibility index (Phi) is 4.09. The monoisotopic (exact) mass is 237 g/mol. The maximum Gasteiger partial charge on any atom is 0.257 e. The number of hydrogen-bond donors (Lipinski definition) is 2. The van der Waals surface area contributed by atoms with Gasteiger partial charge in [0.15, 0.2) is 0 Å². The van der Waals surface area contributed by atoms with Gasteiger partial charge >= 0.3 is 0 Å². The zero-order chi connectivity index (χ0) is 13.2. The van der Waals surface area contributed by atoms with E-state index in [0.29, 0.717) is 11.3 Å². The third-order valence-corrected chi connectivity index (χ3v) is 2.60. The van der Waals surface area contributed by atoms with E-state index in [-0.39, 0.29) is 5.91 Å². The van der Waals surface area contributed by atoms with Gasteiger partial charge in [-0.2, -0.15) is 0 Å².